The summed E-state index contributed by atoms with van der Waals surface area (Å²) in [5.74, 6) is 0.796. The number of aryl methyl sites for hydroxylation is 1. The van der Waals surface area contributed by atoms with Gasteiger partial charge in [-0.25, -0.2) is 0 Å². The number of nitrogens with zero attached hydrogens (tertiary/aromatic N) is 2. The van der Waals surface area contributed by atoms with E-state index in [2.05, 4.69) is 5.10 Å². The second kappa shape index (κ2) is 4.70. The van der Waals surface area contributed by atoms with Gasteiger partial charge in [-0.15, -0.1) is 0 Å². The monoisotopic (exact) mass is 217 g/mol. The van der Waals surface area contributed by atoms with E-state index in [9.17, 15) is 0 Å². The first kappa shape index (κ1) is 10.5. The van der Waals surface area contributed by atoms with Crippen LogP contribution >= 0.6 is 0 Å². The SMILES string of the molecule is Cc1ccnn1CCOc1cccc(N)c1. The zero-order valence-electron chi connectivity index (χ0n) is 9.26. The molecule has 16 heavy (non-hydrogen) atoms. The normalized spacial score (nSPS) is 10.3. The van der Waals surface area contributed by atoms with Crippen molar-refractivity contribution >= 4 is 5.69 Å². The van der Waals surface area contributed by atoms with E-state index in [1.54, 1.807) is 6.20 Å². The number of nitrogens with two attached hydrogens (primary N) is 1. The number of aromatic nitrogens is 2. The number of rotatable bonds is 4. The van der Waals surface area contributed by atoms with Crippen molar-refractivity contribution in [2.45, 2.75) is 13.5 Å². The fraction of sp³-hybridized carbons (Fsp3) is 0.250. The van der Waals surface area contributed by atoms with Crippen molar-refractivity contribution in [2.24, 2.45) is 0 Å². The predicted molar refractivity (Wildman–Crippen MR) is 63.3 cm³/mol. The standard InChI is InChI=1S/C12H15N3O/c1-10-5-6-14-15(10)7-8-16-12-4-2-3-11(13)9-12/h2-6,9H,7-8,13H2,1H3. The van der Waals surface area contributed by atoms with Crippen LogP contribution in [0.5, 0.6) is 5.75 Å². The van der Waals surface area contributed by atoms with Crippen LogP contribution in [0, 0.1) is 6.92 Å². The second-order valence-corrected chi connectivity index (χ2v) is 3.62. The van der Waals surface area contributed by atoms with Gasteiger partial charge in [-0.1, -0.05) is 6.07 Å². The minimum Gasteiger partial charge on any atom is -0.492 e. The van der Waals surface area contributed by atoms with Gasteiger partial charge in [0, 0.05) is 23.6 Å². The third kappa shape index (κ3) is 2.53. The minimum atomic E-state index is 0.589. The Morgan fingerprint density at radius 3 is 2.94 bits per heavy atom. The summed E-state index contributed by atoms with van der Waals surface area (Å²) in [6.07, 6.45) is 1.79. The van der Waals surface area contributed by atoms with Crippen molar-refractivity contribution in [1.29, 1.82) is 0 Å². The molecule has 2 aromatic rings. The summed E-state index contributed by atoms with van der Waals surface area (Å²) in [7, 11) is 0. The maximum atomic E-state index is 5.65. The average molecular weight is 217 g/mol. The van der Waals surface area contributed by atoms with Gasteiger partial charge in [0.2, 0.25) is 0 Å². The highest BCUT2D eigenvalue weighted by atomic mass is 16.5. The predicted octanol–water partition coefficient (Wildman–Crippen LogP) is 1.85. The zero-order valence-corrected chi connectivity index (χ0v) is 9.26. The molecule has 0 bridgehead atoms. The first-order valence-electron chi connectivity index (χ1n) is 5.22. The van der Waals surface area contributed by atoms with Crippen LogP contribution in [0.4, 0.5) is 5.69 Å². The van der Waals surface area contributed by atoms with Crippen molar-refractivity contribution in [2.75, 3.05) is 12.3 Å². The van der Waals surface area contributed by atoms with Crippen molar-refractivity contribution in [3.8, 4) is 5.75 Å². The fourth-order valence-corrected chi connectivity index (χ4v) is 1.49. The zero-order chi connectivity index (χ0) is 11.4. The highest BCUT2D eigenvalue weighted by Gasteiger charge is 1.98. The lowest BCUT2D eigenvalue weighted by atomic mass is 10.3. The molecule has 0 amide bonds. The molecule has 0 aliphatic rings. The van der Waals surface area contributed by atoms with Gasteiger partial charge < -0.3 is 10.5 Å². The van der Waals surface area contributed by atoms with Crippen LogP contribution in [0.15, 0.2) is 36.5 Å². The van der Waals surface area contributed by atoms with Crippen LogP contribution in [0.2, 0.25) is 0 Å². The summed E-state index contributed by atoms with van der Waals surface area (Å²) in [5, 5.41) is 4.18. The van der Waals surface area contributed by atoms with Gasteiger partial charge in [0.05, 0.1) is 6.54 Å². The maximum absolute atomic E-state index is 5.65. The second-order valence-electron chi connectivity index (χ2n) is 3.62. The number of anilines is 1. The largest absolute Gasteiger partial charge is 0.492 e. The van der Waals surface area contributed by atoms with Gasteiger partial charge >= 0.3 is 0 Å². The molecule has 0 saturated carbocycles. The molecule has 0 atom stereocenters. The van der Waals surface area contributed by atoms with Crippen molar-refractivity contribution in [3.05, 3.63) is 42.2 Å². The van der Waals surface area contributed by atoms with E-state index in [-0.39, 0.29) is 0 Å². The van der Waals surface area contributed by atoms with Crippen molar-refractivity contribution in [3.63, 3.8) is 0 Å². The molecule has 2 rings (SSSR count). The highest BCUT2D eigenvalue weighted by molar-refractivity contribution is 5.43. The molecule has 1 aromatic carbocycles. The summed E-state index contributed by atoms with van der Waals surface area (Å²) >= 11 is 0. The summed E-state index contributed by atoms with van der Waals surface area (Å²) in [6, 6.07) is 9.40. The molecule has 0 spiro atoms. The number of nitrogen functional groups attached to an aromatic ring is 1. The third-order valence-corrected chi connectivity index (χ3v) is 2.36. The lowest BCUT2D eigenvalue weighted by Gasteiger charge is -2.07. The summed E-state index contributed by atoms with van der Waals surface area (Å²) in [6.45, 7) is 3.35. The quantitative estimate of drug-likeness (QED) is 0.795. The number of ether oxygens (including phenoxy) is 1. The van der Waals surface area contributed by atoms with E-state index in [4.69, 9.17) is 10.5 Å². The van der Waals surface area contributed by atoms with Gasteiger partial charge in [-0.3, -0.25) is 4.68 Å². The number of hydrogen-bond acceptors (Lipinski definition) is 3. The van der Waals surface area contributed by atoms with Gasteiger partial charge in [0.25, 0.3) is 0 Å². The Morgan fingerprint density at radius 1 is 1.38 bits per heavy atom. The number of hydrogen-bond donors (Lipinski definition) is 1. The first-order valence-corrected chi connectivity index (χ1v) is 5.22. The maximum Gasteiger partial charge on any atom is 0.121 e. The van der Waals surface area contributed by atoms with Crippen molar-refractivity contribution in [1.82, 2.24) is 9.78 Å². The van der Waals surface area contributed by atoms with E-state index >= 15 is 0 Å². The summed E-state index contributed by atoms with van der Waals surface area (Å²) in [4.78, 5) is 0. The smallest absolute Gasteiger partial charge is 0.121 e. The van der Waals surface area contributed by atoms with Gasteiger partial charge in [0.1, 0.15) is 12.4 Å². The molecule has 0 unspecified atom stereocenters. The Bertz CT molecular complexity index is 465. The molecule has 0 saturated heterocycles. The van der Waals surface area contributed by atoms with Crippen molar-refractivity contribution < 1.29 is 4.74 Å². The molecule has 0 aliphatic heterocycles. The Labute approximate surface area is 94.6 Å². The molecular weight excluding hydrogens is 202 g/mol. The molecule has 84 valence electrons. The van der Waals surface area contributed by atoms with E-state index in [0.717, 1.165) is 18.0 Å². The van der Waals surface area contributed by atoms with E-state index in [1.165, 1.54) is 0 Å². The van der Waals surface area contributed by atoms with Gasteiger partial charge in [-0.05, 0) is 25.1 Å². The van der Waals surface area contributed by atoms with Crippen LogP contribution in [0.3, 0.4) is 0 Å². The Kier molecular flexibility index (Phi) is 3.10. The van der Waals surface area contributed by atoms with Crippen LogP contribution < -0.4 is 10.5 Å². The highest BCUT2D eigenvalue weighted by Crippen LogP contribution is 2.14. The first-order chi connectivity index (χ1) is 7.75. The van der Waals surface area contributed by atoms with Gasteiger partial charge in [0.15, 0.2) is 0 Å². The van der Waals surface area contributed by atoms with E-state index < -0.39 is 0 Å². The average Bonchev–Trinajstić information content (AvgIpc) is 2.65. The summed E-state index contributed by atoms with van der Waals surface area (Å²) < 4.78 is 7.48. The lowest BCUT2D eigenvalue weighted by Crippen LogP contribution is -2.10. The molecular formula is C12H15N3O. The lowest BCUT2D eigenvalue weighted by molar-refractivity contribution is 0.290. The molecule has 0 fully saturated rings. The third-order valence-electron chi connectivity index (χ3n) is 2.36. The molecule has 1 heterocycles. The van der Waals surface area contributed by atoms with Crippen LogP contribution in [-0.2, 0) is 6.54 Å². The molecule has 0 radical (unpaired) electrons. The van der Waals surface area contributed by atoms with Crippen LogP contribution in [0.1, 0.15) is 5.69 Å². The Hall–Kier alpha value is -1.97. The Balaban J connectivity index is 1.87. The minimum absolute atomic E-state index is 0.589. The Morgan fingerprint density at radius 2 is 2.25 bits per heavy atom. The van der Waals surface area contributed by atoms with E-state index in [0.29, 0.717) is 12.3 Å². The topological polar surface area (TPSA) is 53.1 Å². The molecule has 4 heteroatoms. The van der Waals surface area contributed by atoms with E-state index in [1.807, 2.05) is 41.9 Å². The molecule has 4 nitrogen and oxygen atoms in total. The van der Waals surface area contributed by atoms with Crippen LogP contribution in [-0.4, -0.2) is 16.4 Å². The molecule has 0 aliphatic carbocycles. The van der Waals surface area contributed by atoms with Gasteiger partial charge in [-0.2, -0.15) is 5.10 Å². The fourth-order valence-electron chi connectivity index (χ4n) is 1.49. The molecule has 2 N–H and O–H groups in total. The number of benzene rings is 1. The summed E-state index contributed by atoms with van der Waals surface area (Å²) in [5.41, 5.74) is 7.50. The van der Waals surface area contributed by atoms with Crippen LogP contribution in [0.25, 0.3) is 0 Å². The molecule has 1 aromatic heterocycles.